The molecule has 33 heavy (non-hydrogen) atoms. The van der Waals surface area contributed by atoms with Crippen molar-refractivity contribution >= 4 is 39.3 Å². The Morgan fingerprint density at radius 1 is 1.09 bits per heavy atom. The van der Waals surface area contributed by atoms with Crippen molar-refractivity contribution in [2.45, 2.75) is 50.7 Å². The molecule has 0 saturated heterocycles. The van der Waals surface area contributed by atoms with Gasteiger partial charge in [0, 0.05) is 17.6 Å². The third kappa shape index (κ3) is 5.20. The Morgan fingerprint density at radius 2 is 1.73 bits per heavy atom. The summed E-state index contributed by atoms with van der Waals surface area (Å²) in [4.78, 5) is 40.2. The molecule has 10 heteroatoms. The number of benzene rings is 2. The largest absolute Gasteiger partial charge is 0.352 e. The van der Waals surface area contributed by atoms with Gasteiger partial charge >= 0.3 is 0 Å². The van der Waals surface area contributed by atoms with Crippen LogP contribution in [0.25, 0.3) is 0 Å². The van der Waals surface area contributed by atoms with Crippen LogP contribution in [0.4, 0.5) is 0 Å². The third-order valence-corrected chi connectivity index (χ3v) is 7.31. The summed E-state index contributed by atoms with van der Waals surface area (Å²) in [5, 5.41) is 3.33. The Morgan fingerprint density at radius 3 is 2.30 bits per heavy atom. The predicted molar refractivity (Wildman–Crippen MR) is 124 cm³/mol. The van der Waals surface area contributed by atoms with E-state index in [4.69, 9.17) is 11.6 Å². The number of nitrogens with zero attached hydrogens (tertiary/aromatic N) is 2. The van der Waals surface area contributed by atoms with Gasteiger partial charge in [0.1, 0.15) is 17.5 Å². The number of halogens is 1. The number of hydrogen-bond acceptors (Lipinski definition) is 5. The molecule has 3 rings (SSSR count). The number of nitrogens with one attached hydrogen (secondary N) is 1. The van der Waals surface area contributed by atoms with Gasteiger partial charge in [-0.25, -0.2) is 12.7 Å². The minimum absolute atomic E-state index is 0.0270. The van der Waals surface area contributed by atoms with Crippen molar-refractivity contribution in [2.24, 2.45) is 0 Å². The second-order valence-electron chi connectivity index (χ2n) is 8.05. The molecule has 1 aliphatic heterocycles. The average molecular weight is 492 g/mol. The normalized spacial score (nSPS) is 15.3. The molecule has 2 aromatic carbocycles. The van der Waals surface area contributed by atoms with Gasteiger partial charge in [0.15, 0.2) is 0 Å². The number of hydrogen-bond donors (Lipinski definition) is 1. The third-order valence-electron chi connectivity index (χ3n) is 5.27. The second kappa shape index (κ2) is 9.93. The minimum Gasteiger partial charge on any atom is -0.352 e. The minimum atomic E-state index is -4.16. The van der Waals surface area contributed by atoms with E-state index in [0.717, 1.165) is 0 Å². The number of amides is 3. The summed E-state index contributed by atoms with van der Waals surface area (Å²) in [7, 11) is -4.16. The fourth-order valence-corrected chi connectivity index (χ4v) is 5.33. The SMILES string of the molecule is CC[C@@H](C(=O)NC(C)C)N(Cc1ccc(Cl)cc1)C(=O)CN1C(=O)c2ccccc2S1(=O)=O. The van der Waals surface area contributed by atoms with Crippen LogP contribution < -0.4 is 5.32 Å². The molecule has 0 radical (unpaired) electrons. The van der Waals surface area contributed by atoms with Crippen LogP contribution in [-0.4, -0.2) is 54.0 Å². The van der Waals surface area contributed by atoms with Gasteiger partial charge in [-0.1, -0.05) is 42.8 Å². The molecule has 0 saturated carbocycles. The highest BCUT2D eigenvalue weighted by Gasteiger charge is 2.43. The molecular weight excluding hydrogens is 466 g/mol. The van der Waals surface area contributed by atoms with Crippen LogP contribution >= 0.6 is 11.6 Å². The van der Waals surface area contributed by atoms with Gasteiger partial charge < -0.3 is 10.2 Å². The van der Waals surface area contributed by atoms with Crippen LogP contribution in [0.5, 0.6) is 0 Å². The van der Waals surface area contributed by atoms with Crippen molar-refractivity contribution in [1.29, 1.82) is 0 Å². The Balaban J connectivity index is 1.92. The first-order valence-electron chi connectivity index (χ1n) is 10.6. The first-order valence-corrected chi connectivity index (χ1v) is 12.4. The predicted octanol–water partition coefficient (Wildman–Crippen LogP) is 2.82. The van der Waals surface area contributed by atoms with Crippen molar-refractivity contribution in [2.75, 3.05) is 6.54 Å². The molecule has 2 aromatic rings. The lowest BCUT2D eigenvalue weighted by atomic mass is 10.1. The van der Waals surface area contributed by atoms with E-state index in [1.54, 1.807) is 37.3 Å². The molecule has 0 fully saturated rings. The number of fused-ring (bicyclic) bond motifs is 1. The highest BCUT2D eigenvalue weighted by molar-refractivity contribution is 7.90. The number of rotatable bonds is 8. The molecule has 0 aliphatic carbocycles. The Kier molecular flexibility index (Phi) is 7.44. The molecule has 3 amide bonds. The smallest absolute Gasteiger partial charge is 0.269 e. The lowest BCUT2D eigenvalue weighted by Gasteiger charge is -2.32. The summed E-state index contributed by atoms with van der Waals surface area (Å²) >= 11 is 5.96. The molecule has 176 valence electrons. The molecular formula is C23H26ClN3O5S. The van der Waals surface area contributed by atoms with Crippen molar-refractivity contribution in [1.82, 2.24) is 14.5 Å². The van der Waals surface area contributed by atoms with Gasteiger partial charge in [-0.05, 0) is 50.1 Å². The van der Waals surface area contributed by atoms with Crippen molar-refractivity contribution in [3.63, 3.8) is 0 Å². The maximum atomic E-state index is 13.4. The van der Waals surface area contributed by atoms with Gasteiger partial charge in [0.2, 0.25) is 11.8 Å². The fourth-order valence-electron chi connectivity index (χ4n) is 3.69. The summed E-state index contributed by atoms with van der Waals surface area (Å²) in [6, 6.07) is 11.6. The molecule has 1 aliphatic rings. The molecule has 1 N–H and O–H groups in total. The first-order chi connectivity index (χ1) is 15.6. The maximum absolute atomic E-state index is 13.4. The van der Waals surface area contributed by atoms with Gasteiger partial charge in [-0.3, -0.25) is 14.4 Å². The molecule has 1 atom stereocenters. The lowest BCUT2D eigenvalue weighted by Crippen LogP contribution is -2.53. The number of sulfonamides is 1. The highest BCUT2D eigenvalue weighted by Crippen LogP contribution is 2.30. The van der Waals surface area contributed by atoms with Crippen LogP contribution in [0.15, 0.2) is 53.4 Å². The first kappa shape index (κ1) is 24.7. The quantitative estimate of drug-likeness (QED) is 0.611. The van der Waals surface area contributed by atoms with Crippen molar-refractivity contribution < 1.29 is 22.8 Å². The average Bonchev–Trinajstić information content (AvgIpc) is 2.95. The number of carbonyl (C=O) groups excluding carboxylic acids is 3. The summed E-state index contributed by atoms with van der Waals surface area (Å²) in [6.45, 7) is 4.73. The topological polar surface area (TPSA) is 104 Å². The van der Waals surface area contributed by atoms with E-state index in [2.05, 4.69) is 5.32 Å². The maximum Gasteiger partial charge on any atom is 0.269 e. The van der Waals surface area contributed by atoms with E-state index in [9.17, 15) is 22.8 Å². The lowest BCUT2D eigenvalue weighted by molar-refractivity contribution is -0.141. The highest BCUT2D eigenvalue weighted by atomic mass is 35.5. The van der Waals surface area contributed by atoms with Gasteiger partial charge in [-0.2, -0.15) is 0 Å². The van der Waals surface area contributed by atoms with Crippen LogP contribution in [-0.2, 0) is 26.2 Å². The van der Waals surface area contributed by atoms with Crippen LogP contribution in [0.2, 0.25) is 5.02 Å². The van der Waals surface area contributed by atoms with Crippen molar-refractivity contribution in [3.05, 3.63) is 64.7 Å². The van der Waals surface area contributed by atoms with Crippen LogP contribution in [0.1, 0.15) is 43.1 Å². The monoisotopic (exact) mass is 491 g/mol. The van der Waals surface area contributed by atoms with E-state index in [1.807, 2.05) is 13.8 Å². The molecule has 0 unspecified atom stereocenters. The zero-order valence-corrected chi connectivity index (χ0v) is 20.2. The van der Waals surface area contributed by atoms with Crippen molar-refractivity contribution in [3.8, 4) is 0 Å². The molecule has 8 nitrogen and oxygen atoms in total. The summed E-state index contributed by atoms with van der Waals surface area (Å²) < 4.78 is 26.4. The Bertz CT molecular complexity index is 1160. The fraction of sp³-hybridized carbons (Fsp3) is 0.348. The summed E-state index contributed by atoms with van der Waals surface area (Å²) in [5.74, 6) is -1.76. The van der Waals surface area contributed by atoms with Gasteiger partial charge in [0.25, 0.3) is 15.9 Å². The van der Waals surface area contributed by atoms with Gasteiger partial charge in [-0.15, -0.1) is 0 Å². The van der Waals surface area contributed by atoms with E-state index in [1.165, 1.54) is 23.1 Å². The van der Waals surface area contributed by atoms with Gasteiger partial charge in [0.05, 0.1) is 5.56 Å². The molecule has 0 bridgehead atoms. The molecule has 0 aromatic heterocycles. The van der Waals surface area contributed by atoms with E-state index in [0.29, 0.717) is 21.3 Å². The Hall–Kier alpha value is -2.91. The van der Waals surface area contributed by atoms with E-state index in [-0.39, 0.29) is 29.0 Å². The van der Waals surface area contributed by atoms with E-state index < -0.39 is 34.4 Å². The van der Waals surface area contributed by atoms with Crippen LogP contribution in [0.3, 0.4) is 0 Å². The summed E-state index contributed by atoms with van der Waals surface area (Å²) in [5.41, 5.74) is 0.738. The zero-order valence-electron chi connectivity index (χ0n) is 18.6. The molecule has 1 heterocycles. The zero-order chi connectivity index (χ0) is 24.3. The number of carbonyl (C=O) groups is 3. The van der Waals surface area contributed by atoms with Crippen LogP contribution in [0, 0.1) is 0 Å². The Labute approximate surface area is 198 Å². The van der Waals surface area contributed by atoms with E-state index >= 15 is 0 Å². The summed E-state index contributed by atoms with van der Waals surface area (Å²) in [6.07, 6.45) is 0.304. The standard InChI is InChI=1S/C23H26ClN3O5S/c1-4-19(22(29)25-15(2)3)26(13-16-9-11-17(24)12-10-16)21(28)14-27-23(30)18-7-5-6-8-20(18)33(27,31)32/h5-12,15,19H,4,13-14H2,1-3H3,(H,25,29)/t19-/m0/s1. The molecule has 0 spiro atoms. The second-order valence-corrected chi connectivity index (χ2v) is 10.3.